The average Bonchev–Trinajstić information content (AvgIpc) is 2.77. The summed E-state index contributed by atoms with van der Waals surface area (Å²) in [5.41, 5.74) is 1.68. The summed E-state index contributed by atoms with van der Waals surface area (Å²) >= 11 is 0. The van der Waals surface area contributed by atoms with E-state index in [4.69, 9.17) is 0 Å². The van der Waals surface area contributed by atoms with Crippen molar-refractivity contribution in [1.29, 1.82) is 0 Å². The molecule has 0 N–H and O–H groups in total. The van der Waals surface area contributed by atoms with Crippen LogP contribution in [0.4, 0.5) is 5.69 Å². The summed E-state index contributed by atoms with van der Waals surface area (Å²) in [5.74, 6) is 0.236. The van der Waals surface area contributed by atoms with Crippen LogP contribution in [0.25, 0.3) is 6.08 Å². The Morgan fingerprint density at radius 2 is 1.65 bits per heavy atom. The monoisotopic (exact) mass is 443 g/mol. The summed E-state index contributed by atoms with van der Waals surface area (Å²) in [4.78, 5) is 24.2. The van der Waals surface area contributed by atoms with Gasteiger partial charge in [-0.05, 0) is 29.2 Å². The Hall–Kier alpha value is -3.04. The van der Waals surface area contributed by atoms with E-state index in [-0.39, 0.29) is 37.0 Å². The first kappa shape index (κ1) is 22.6. The Morgan fingerprint density at radius 1 is 1.03 bits per heavy atom. The molecule has 3 rings (SSSR count). The molecule has 2 aromatic carbocycles. The van der Waals surface area contributed by atoms with Crippen molar-refractivity contribution in [1.82, 2.24) is 9.21 Å². The maximum atomic E-state index is 12.9. The van der Waals surface area contributed by atoms with Crippen LogP contribution in [0, 0.1) is 10.1 Å². The van der Waals surface area contributed by atoms with Gasteiger partial charge >= 0.3 is 0 Å². The molecule has 1 aliphatic rings. The van der Waals surface area contributed by atoms with Gasteiger partial charge in [0.05, 0.1) is 4.92 Å². The van der Waals surface area contributed by atoms with Gasteiger partial charge in [-0.3, -0.25) is 14.9 Å². The van der Waals surface area contributed by atoms with Crippen LogP contribution in [-0.4, -0.2) is 54.6 Å². The highest BCUT2D eigenvalue weighted by Crippen LogP contribution is 2.27. The highest BCUT2D eigenvalue weighted by molar-refractivity contribution is 7.89. The Balaban J connectivity index is 1.63. The Morgan fingerprint density at radius 3 is 2.23 bits per heavy atom. The van der Waals surface area contributed by atoms with Crippen LogP contribution >= 0.6 is 0 Å². The second kappa shape index (κ2) is 9.40. The van der Waals surface area contributed by atoms with Gasteiger partial charge in [-0.2, -0.15) is 4.31 Å². The van der Waals surface area contributed by atoms with Crippen molar-refractivity contribution in [2.45, 2.75) is 24.7 Å². The van der Waals surface area contributed by atoms with E-state index in [9.17, 15) is 23.3 Å². The van der Waals surface area contributed by atoms with Crippen LogP contribution in [0.3, 0.4) is 0 Å². The van der Waals surface area contributed by atoms with E-state index in [1.807, 2.05) is 24.3 Å². The molecule has 0 spiro atoms. The van der Waals surface area contributed by atoms with Crippen molar-refractivity contribution in [3.05, 3.63) is 75.8 Å². The van der Waals surface area contributed by atoms with E-state index >= 15 is 0 Å². The summed E-state index contributed by atoms with van der Waals surface area (Å²) in [6.45, 7) is 4.83. The maximum absolute atomic E-state index is 12.9. The van der Waals surface area contributed by atoms with Gasteiger partial charge in [0, 0.05) is 38.3 Å². The number of carbonyl (C=O) groups is 1. The summed E-state index contributed by atoms with van der Waals surface area (Å²) in [7, 11) is -4.02. The molecule has 0 aliphatic carbocycles. The van der Waals surface area contributed by atoms with Crippen LogP contribution in [0.15, 0.2) is 59.5 Å². The smallest absolute Gasteiger partial charge is 0.289 e. The topological polar surface area (TPSA) is 101 Å². The number of hydrogen-bond acceptors (Lipinski definition) is 5. The lowest BCUT2D eigenvalue weighted by atomic mass is 10.0. The van der Waals surface area contributed by atoms with E-state index in [2.05, 4.69) is 13.8 Å². The molecule has 2 aromatic rings. The number of nitrogens with zero attached hydrogens (tertiary/aromatic N) is 3. The van der Waals surface area contributed by atoms with Gasteiger partial charge in [0.15, 0.2) is 4.90 Å². The third kappa shape index (κ3) is 5.18. The predicted octanol–water partition coefficient (Wildman–Crippen LogP) is 3.26. The van der Waals surface area contributed by atoms with Crippen LogP contribution in [0.2, 0.25) is 0 Å². The third-order valence-electron chi connectivity index (χ3n) is 5.25. The number of nitro benzene ring substituents is 1. The molecule has 0 radical (unpaired) electrons. The van der Waals surface area contributed by atoms with E-state index in [1.165, 1.54) is 40.2 Å². The lowest BCUT2D eigenvalue weighted by molar-refractivity contribution is -0.387. The molecule has 9 heteroatoms. The summed E-state index contributed by atoms with van der Waals surface area (Å²) in [6.07, 6.45) is 3.22. The Kier molecular flexibility index (Phi) is 6.87. The quantitative estimate of drug-likeness (QED) is 0.387. The molecular formula is C22H25N3O5S. The molecule has 1 fully saturated rings. The van der Waals surface area contributed by atoms with Gasteiger partial charge < -0.3 is 4.90 Å². The molecule has 0 unspecified atom stereocenters. The fraction of sp³-hybridized carbons (Fsp3) is 0.318. The SMILES string of the molecule is CC(C)c1ccc(/C=C/C(=O)N2CCN(S(=O)(=O)c3ccccc3[N+](=O)[O-])CC2)cc1. The first-order chi connectivity index (χ1) is 14.7. The Bertz CT molecular complexity index is 1090. The van der Waals surface area contributed by atoms with Crippen LogP contribution in [-0.2, 0) is 14.8 Å². The van der Waals surface area contributed by atoms with Crippen molar-refractivity contribution < 1.29 is 18.1 Å². The normalized spacial score (nSPS) is 15.5. The average molecular weight is 444 g/mol. The lowest BCUT2D eigenvalue weighted by Crippen LogP contribution is -2.50. The minimum Gasteiger partial charge on any atom is -0.337 e. The largest absolute Gasteiger partial charge is 0.337 e. The second-order valence-corrected chi connectivity index (χ2v) is 9.52. The summed E-state index contributed by atoms with van der Waals surface area (Å²) < 4.78 is 26.9. The minimum atomic E-state index is -4.02. The van der Waals surface area contributed by atoms with Gasteiger partial charge in [0.25, 0.3) is 5.69 Å². The highest BCUT2D eigenvalue weighted by Gasteiger charge is 2.34. The molecule has 1 heterocycles. The van der Waals surface area contributed by atoms with Gasteiger partial charge in [-0.1, -0.05) is 50.2 Å². The maximum Gasteiger partial charge on any atom is 0.289 e. The zero-order valence-corrected chi connectivity index (χ0v) is 18.3. The molecule has 8 nitrogen and oxygen atoms in total. The zero-order valence-electron chi connectivity index (χ0n) is 17.5. The standard InChI is InChI=1S/C22H25N3O5S/c1-17(2)19-10-7-18(8-11-19)9-12-22(26)23-13-15-24(16-14-23)31(29,30)21-6-4-3-5-20(21)25(27)28/h3-12,17H,13-16H2,1-2H3/b12-9+. The molecule has 0 saturated carbocycles. The fourth-order valence-corrected chi connectivity index (χ4v) is 4.96. The second-order valence-electron chi connectivity index (χ2n) is 7.61. The third-order valence-corrected chi connectivity index (χ3v) is 7.20. The first-order valence-electron chi connectivity index (χ1n) is 10.0. The number of nitro groups is 1. The molecule has 0 aromatic heterocycles. The van der Waals surface area contributed by atoms with Gasteiger partial charge in [-0.15, -0.1) is 0 Å². The molecule has 1 saturated heterocycles. The van der Waals surface area contributed by atoms with Crippen molar-refractivity contribution in [2.24, 2.45) is 0 Å². The number of rotatable bonds is 6. The van der Waals surface area contributed by atoms with Crippen molar-refractivity contribution >= 4 is 27.7 Å². The first-order valence-corrected chi connectivity index (χ1v) is 11.4. The molecular weight excluding hydrogens is 418 g/mol. The molecule has 0 bridgehead atoms. The van der Waals surface area contributed by atoms with Crippen LogP contribution in [0.1, 0.15) is 30.9 Å². The number of amides is 1. The van der Waals surface area contributed by atoms with Gasteiger partial charge in [-0.25, -0.2) is 8.42 Å². The van der Waals surface area contributed by atoms with E-state index in [0.29, 0.717) is 5.92 Å². The number of carbonyl (C=O) groups excluding carboxylic acids is 1. The number of sulfonamides is 1. The molecule has 31 heavy (non-hydrogen) atoms. The van der Waals surface area contributed by atoms with Crippen molar-refractivity contribution in [3.63, 3.8) is 0 Å². The molecule has 164 valence electrons. The summed E-state index contributed by atoms with van der Waals surface area (Å²) in [6, 6.07) is 13.3. The highest BCUT2D eigenvalue weighted by atomic mass is 32.2. The Labute approximate surface area is 182 Å². The van der Waals surface area contributed by atoms with Crippen molar-refractivity contribution in [3.8, 4) is 0 Å². The number of piperazine rings is 1. The zero-order chi connectivity index (χ0) is 22.6. The fourth-order valence-electron chi connectivity index (χ4n) is 3.38. The van der Waals surface area contributed by atoms with Crippen molar-refractivity contribution in [2.75, 3.05) is 26.2 Å². The number of hydrogen-bond donors (Lipinski definition) is 0. The van der Waals surface area contributed by atoms with Crippen LogP contribution < -0.4 is 0 Å². The number of benzene rings is 2. The van der Waals surface area contributed by atoms with E-state index < -0.39 is 20.6 Å². The van der Waals surface area contributed by atoms with Gasteiger partial charge in [0.1, 0.15) is 0 Å². The van der Waals surface area contributed by atoms with E-state index in [0.717, 1.165) is 5.56 Å². The minimum absolute atomic E-state index is 0.0804. The predicted molar refractivity (Wildman–Crippen MR) is 118 cm³/mol. The number of para-hydroxylation sites is 1. The van der Waals surface area contributed by atoms with E-state index in [1.54, 1.807) is 11.0 Å². The molecule has 1 aliphatic heterocycles. The lowest BCUT2D eigenvalue weighted by Gasteiger charge is -2.33. The van der Waals surface area contributed by atoms with Crippen LogP contribution in [0.5, 0.6) is 0 Å². The molecule has 1 amide bonds. The summed E-state index contributed by atoms with van der Waals surface area (Å²) in [5, 5.41) is 11.2. The molecule has 0 atom stereocenters. The van der Waals surface area contributed by atoms with Gasteiger partial charge in [0.2, 0.25) is 15.9 Å².